The molecule has 3 rings (SSSR count). The Morgan fingerprint density at radius 1 is 1.36 bits per heavy atom. The molecule has 0 saturated heterocycles. The van der Waals surface area contributed by atoms with Crippen LogP contribution in [0.2, 0.25) is 0 Å². The largest absolute Gasteiger partial charge is 0.435 e. The number of nitrogens with zero attached hydrogens (tertiary/aromatic N) is 1. The van der Waals surface area contributed by atoms with Crippen LogP contribution in [0, 0.1) is 0 Å². The smallest absolute Gasteiger partial charge is 0.387 e. The third-order valence-corrected chi connectivity index (χ3v) is 3.50. The van der Waals surface area contributed by atoms with Gasteiger partial charge in [0, 0.05) is 12.5 Å². The fourth-order valence-electron chi connectivity index (χ4n) is 2.23. The van der Waals surface area contributed by atoms with Crippen molar-refractivity contribution in [3.63, 3.8) is 0 Å². The van der Waals surface area contributed by atoms with Crippen LogP contribution in [0.1, 0.15) is 40.4 Å². The van der Waals surface area contributed by atoms with Crippen LogP contribution in [0.4, 0.5) is 8.78 Å². The van der Waals surface area contributed by atoms with Gasteiger partial charge in [0.05, 0.1) is 17.5 Å². The number of nitrogens with one attached hydrogen (secondary N) is 2. The molecule has 7 heteroatoms. The van der Waals surface area contributed by atoms with Crippen LogP contribution in [-0.2, 0) is 6.54 Å². The van der Waals surface area contributed by atoms with Crippen LogP contribution in [-0.4, -0.2) is 22.7 Å². The van der Waals surface area contributed by atoms with Crippen molar-refractivity contribution in [2.75, 3.05) is 0 Å². The summed E-state index contributed by atoms with van der Waals surface area (Å²) in [5.74, 6) is 0.313. The molecule has 0 atom stereocenters. The Bertz CT molecular complexity index is 651. The molecule has 5 nitrogen and oxygen atoms in total. The van der Waals surface area contributed by atoms with Gasteiger partial charge >= 0.3 is 6.61 Å². The molecule has 0 aliphatic heterocycles. The Labute approximate surface area is 125 Å². The first-order valence-corrected chi connectivity index (χ1v) is 6.98. The third kappa shape index (κ3) is 3.41. The molecule has 2 aromatic rings. The van der Waals surface area contributed by atoms with Gasteiger partial charge in [0.25, 0.3) is 5.91 Å². The zero-order valence-electron chi connectivity index (χ0n) is 11.7. The Hall–Kier alpha value is -2.44. The second-order valence-electron chi connectivity index (χ2n) is 5.18. The number of H-pyrrole nitrogens is 1. The van der Waals surface area contributed by atoms with Crippen molar-refractivity contribution in [2.24, 2.45) is 0 Å². The summed E-state index contributed by atoms with van der Waals surface area (Å²) in [6.45, 7) is -2.53. The molecule has 1 fully saturated rings. The second-order valence-corrected chi connectivity index (χ2v) is 5.18. The van der Waals surface area contributed by atoms with Gasteiger partial charge in [0.15, 0.2) is 0 Å². The average Bonchev–Trinajstić information content (AvgIpc) is 3.22. The van der Waals surface area contributed by atoms with E-state index in [4.69, 9.17) is 0 Å². The van der Waals surface area contributed by atoms with Crippen LogP contribution < -0.4 is 10.1 Å². The normalized spacial score (nSPS) is 14.1. The maximum absolute atomic E-state index is 12.1. The van der Waals surface area contributed by atoms with Crippen molar-refractivity contribution >= 4 is 5.91 Å². The van der Waals surface area contributed by atoms with Crippen LogP contribution in [0.25, 0.3) is 0 Å². The first kappa shape index (κ1) is 14.5. The van der Waals surface area contributed by atoms with Gasteiger partial charge in [-0.2, -0.15) is 13.9 Å². The molecule has 0 spiro atoms. The minimum Gasteiger partial charge on any atom is -0.435 e. The highest BCUT2D eigenvalue weighted by Crippen LogP contribution is 2.40. The van der Waals surface area contributed by atoms with Crippen LogP contribution in [0.5, 0.6) is 5.75 Å². The summed E-state index contributed by atoms with van der Waals surface area (Å²) in [5, 5.41) is 9.60. The Kier molecular flexibility index (Phi) is 4.04. The number of amides is 1. The number of aromatic amines is 1. The van der Waals surface area contributed by atoms with E-state index in [0.29, 0.717) is 18.0 Å². The van der Waals surface area contributed by atoms with E-state index in [1.54, 1.807) is 12.1 Å². The second kappa shape index (κ2) is 6.13. The van der Waals surface area contributed by atoms with Crippen molar-refractivity contribution in [1.82, 2.24) is 15.5 Å². The number of carbonyl (C=O) groups excluding carboxylic acids is 1. The van der Waals surface area contributed by atoms with E-state index < -0.39 is 6.61 Å². The van der Waals surface area contributed by atoms with Gasteiger partial charge in [-0.1, -0.05) is 12.1 Å². The number of ether oxygens (including phenoxy) is 1. The number of aromatic nitrogens is 2. The highest BCUT2D eigenvalue weighted by molar-refractivity contribution is 5.95. The summed E-state index contributed by atoms with van der Waals surface area (Å²) in [4.78, 5) is 12.1. The number of alkyl halides is 2. The highest BCUT2D eigenvalue weighted by atomic mass is 19.3. The number of hydrogen-bond acceptors (Lipinski definition) is 3. The third-order valence-electron chi connectivity index (χ3n) is 3.50. The van der Waals surface area contributed by atoms with Crippen LogP contribution in [0.3, 0.4) is 0 Å². The number of halogens is 2. The summed E-state index contributed by atoms with van der Waals surface area (Å²) in [5.41, 5.74) is 2.25. The molecule has 0 unspecified atom stereocenters. The lowest BCUT2D eigenvalue weighted by atomic mass is 10.1. The number of hydrogen-bond donors (Lipinski definition) is 2. The fraction of sp³-hybridized carbons (Fsp3) is 0.333. The van der Waals surface area contributed by atoms with Gasteiger partial charge in [-0.3, -0.25) is 9.89 Å². The summed E-state index contributed by atoms with van der Waals surface area (Å²) in [7, 11) is 0. The van der Waals surface area contributed by atoms with E-state index in [2.05, 4.69) is 20.3 Å². The maximum Gasteiger partial charge on any atom is 0.387 e. The molecular formula is C15H15F2N3O2. The molecule has 1 heterocycles. The quantitative estimate of drug-likeness (QED) is 0.862. The molecule has 1 aromatic heterocycles. The summed E-state index contributed by atoms with van der Waals surface area (Å²) in [6.07, 6.45) is 3.69. The predicted molar refractivity (Wildman–Crippen MR) is 74.8 cm³/mol. The van der Waals surface area contributed by atoms with Gasteiger partial charge in [-0.05, 0) is 30.5 Å². The van der Waals surface area contributed by atoms with Crippen molar-refractivity contribution in [3.8, 4) is 5.75 Å². The van der Waals surface area contributed by atoms with E-state index in [1.165, 1.54) is 18.3 Å². The van der Waals surface area contributed by atoms with Crippen molar-refractivity contribution < 1.29 is 18.3 Å². The van der Waals surface area contributed by atoms with Gasteiger partial charge in [-0.15, -0.1) is 0 Å². The molecule has 116 valence electrons. The first-order valence-electron chi connectivity index (χ1n) is 6.98. The minimum absolute atomic E-state index is 0.0935. The van der Waals surface area contributed by atoms with Crippen molar-refractivity contribution in [1.29, 1.82) is 0 Å². The standard InChI is InChI=1S/C15H15F2N3O2/c16-15(17)22-11-5-1-9(2-6-11)7-18-14(21)12-8-19-20-13(12)10-3-4-10/h1-2,5-6,8,10,15H,3-4,7H2,(H,18,21)(H,19,20). The molecule has 0 radical (unpaired) electrons. The van der Waals surface area contributed by atoms with E-state index in [-0.39, 0.29) is 11.7 Å². The lowest BCUT2D eigenvalue weighted by Gasteiger charge is -2.07. The predicted octanol–water partition coefficient (Wildman–Crippen LogP) is 2.82. The Morgan fingerprint density at radius 2 is 2.09 bits per heavy atom. The molecule has 1 aliphatic carbocycles. The Morgan fingerprint density at radius 3 is 2.73 bits per heavy atom. The lowest BCUT2D eigenvalue weighted by Crippen LogP contribution is -2.23. The summed E-state index contributed by atoms with van der Waals surface area (Å²) < 4.78 is 28.4. The zero-order valence-corrected chi connectivity index (χ0v) is 11.7. The topological polar surface area (TPSA) is 67.0 Å². The van der Waals surface area contributed by atoms with Crippen molar-refractivity contribution in [3.05, 3.63) is 47.3 Å². The van der Waals surface area contributed by atoms with E-state index in [9.17, 15) is 13.6 Å². The number of rotatable bonds is 6. The molecule has 22 heavy (non-hydrogen) atoms. The van der Waals surface area contributed by atoms with Gasteiger partial charge in [0.2, 0.25) is 0 Å². The minimum atomic E-state index is -2.84. The maximum atomic E-state index is 12.1. The molecule has 1 amide bonds. The van der Waals surface area contributed by atoms with Crippen molar-refractivity contribution in [2.45, 2.75) is 31.9 Å². The number of benzene rings is 1. The molecule has 1 saturated carbocycles. The number of carbonyl (C=O) groups is 1. The summed E-state index contributed by atoms with van der Waals surface area (Å²) in [6, 6.07) is 6.16. The molecule has 1 aliphatic rings. The van der Waals surface area contributed by atoms with Gasteiger partial charge in [0.1, 0.15) is 5.75 Å². The summed E-state index contributed by atoms with van der Waals surface area (Å²) >= 11 is 0. The molecule has 2 N–H and O–H groups in total. The van der Waals surface area contributed by atoms with Gasteiger partial charge in [-0.25, -0.2) is 0 Å². The van der Waals surface area contributed by atoms with Crippen LogP contribution in [0.15, 0.2) is 30.5 Å². The van der Waals surface area contributed by atoms with E-state index >= 15 is 0 Å². The molecular weight excluding hydrogens is 292 g/mol. The highest BCUT2D eigenvalue weighted by Gasteiger charge is 2.29. The molecule has 1 aromatic carbocycles. The molecule has 0 bridgehead atoms. The van der Waals surface area contributed by atoms with Gasteiger partial charge < -0.3 is 10.1 Å². The first-order chi connectivity index (χ1) is 10.6. The zero-order chi connectivity index (χ0) is 15.5. The lowest BCUT2D eigenvalue weighted by molar-refractivity contribution is -0.0498. The Balaban J connectivity index is 1.57. The average molecular weight is 307 g/mol. The monoisotopic (exact) mass is 307 g/mol. The van der Waals surface area contributed by atoms with E-state index in [0.717, 1.165) is 24.1 Å². The van der Waals surface area contributed by atoms with Crippen LogP contribution >= 0.6 is 0 Å². The van der Waals surface area contributed by atoms with E-state index in [1.807, 2.05) is 0 Å². The fourth-order valence-corrected chi connectivity index (χ4v) is 2.23. The SMILES string of the molecule is O=C(NCc1ccc(OC(F)F)cc1)c1cn[nH]c1C1CC1.